The van der Waals surface area contributed by atoms with Crippen LogP contribution in [0.25, 0.3) is 0 Å². The van der Waals surface area contributed by atoms with Crippen LogP contribution < -0.4 is 10.1 Å². The predicted molar refractivity (Wildman–Crippen MR) is 147 cm³/mol. The number of aliphatic hydroxyl groups excluding tert-OH is 2. The third-order valence-electron chi connectivity index (χ3n) is 6.25. The van der Waals surface area contributed by atoms with Gasteiger partial charge < -0.3 is 25.2 Å². The third-order valence-corrected chi connectivity index (χ3v) is 7.14. The highest BCUT2D eigenvalue weighted by atomic mass is 127. The van der Waals surface area contributed by atoms with Crippen molar-refractivity contribution in [2.75, 3.05) is 13.2 Å². The van der Waals surface area contributed by atoms with Gasteiger partial charge in [-0.05, 0) is 59.7 Å². The Kier molecular flexibility index (Phi) is 10.8. The Hall–Kier alpha value is -2.43. The van der Waals surface area contributed by atoms with E-state index in [4.69, 9.17) is 9.84 Å². The van der Waals surface area contributed by atoms with E-state index in [9.17, 15) is 14.7 Å². The van der Waals surface area contributed by atoms with Gasteiger partial charge in [-0.25, -0.2) is 0 Å². The van der Waals surface area contributed by atoms with Gasteiger partial charge in [-0.3, -0.25) is 9.59 Å². The number of rotatable bonds is 11. The molecule has 0 fully saturated rings. The molecule has 0 saturated heterocycles. The zero-order valence-corrected chi connectivity index (χ0v) is 23.0. The van der Waals surface area contributed by atoms with E-state index in [2.05, 4.69) is 27.9 Å². The summed E-state index contributed by atoms with van der Waals surface area (Å²) in [5.41, 5.74) is 2.50. The topological polar surface area (TPSA) is 99.1 Å². The molecule has 2 aromatic rings. The number of aryl methyl sites for hydroxylation is 1. The second-order valence-corrected chi connectivity index (χ2v) is 10.2. The number of ether oxygens (including phenoxy) is 1. The van der Waals surface area contributed by atoms with Crippen molar-refractivity contribution >= 4 is 34.4 Å². The maximum atomic E-state index is 13.4. The van der Waals surface area contributed by atoms with Gasteiger partial charge >= 0.3 is 0 Å². The first-order chi connectivity index (χ1) is 17.3. The van der Waals surface area contributed by atoms with E-state index in [1.807, 2.05) is 62.4 Å². The number of para-hydroxylation sites is 1. The summed E-state index contributed by atoms with van der Waals surface area (Å²) in [6, 6.07) is 14.8. The standard InChI is InChI=1S/C28H35IN2O5/c1-3-4-9-26(33)31(18-20-12-10-19(2)11-13-20)23-16-21(28(35)30-14-15-32)17-25(27(23)34)36-24-8-6-5-7-22(24)29/h5-8,10-13,17,23,25,27,32,34H,3-4,9,14-16,18H2,1-2H3,(H,30,35)/t23-,25+,27+/m1/s1. The lowest BCUT2D eigenvalue weighted by molar-refractivity contribution is -0.139. The lowest BCUT2D eigenvalue weighted by atomic mass is 9.87. The van der Waals surface area contributed by atoms with Crippen LogP contribution in [0.3, 0.4) is 0 Å². The monoisotopic (exact) mass is 606 g/mol. The number of aliphatic hydroxyl groups is 2. The number of hydrogen-bond donors (Lipinski definition) is 3. The van der Waals surface area contributed by atoms with Gasteiger partial charge in [-0.1, -0.05) is 55.3 Å². The molecule has 2 amide bonds. The number of nitrogens with one attached hydrogen (secondary N) is 1. The van der Waals surface area contributed by atoms with Crippen molar-refractivity contribution in [3.63, 3.8) is 0 Å². The van der Waals surface area contributed by atoms with E-state index in [1.165, 1.54) is 0 Å². The Balaban J connectivity index is 1.96. The molecule has 1 aliphatic carbocycles. The van der Waals surface area contributed by atoms with Gasteiger partial charge in [0.2, 0.25) is 11.8 Å². The van der Waals surface area contributed by atoms with Gasteiger partial charge in [0.15, 0.2) is 0 Å². The summed E-state index contributed by atoms with van der Waals surface area (Å²) in [5, 5.41) is 23.3. The average Bonchev–Trinajstić information content (AvgIpc) is 2.88. The molecule has 0 bridgehead atoms. The maximum Gasteiger partial charge on any atom is 0.247 e. The van der Waals surface area contributed by atoms with Crippen LogP contribution in [-0.2, 0) is 16.1 Å². The molecule has 3 atom stereocenters. The van der Waals surface area contributed by atoms with Gasteiger partial charge in [-0.15, -0.1) is 0 Å². The fourth-order valence-electron chi connectivity index (χ4n) is 4.22. The first kappa shape index (κ1) is 28.1. The van der Waals surface area contributed by atoms with Gasteiger partial charge in [0.1, 0.15) is 18.0 Å². The van der Waals surface area contributed by atoms with Crippen LogP contribution in [0.4, 0.5) is 0 Å². The largest absolute Gasteiger partial charge is 0.482 e. The molecule has 8 heteroatoms. The van der Waals surface area contributed by atoms with Crippen molar-refractivity contribution in [3.8, 4) is 5.75 Å². The summed E-state index contributed by atoms with van der Waals surface area (Å²) in [6.45, 7) is 4.31. The summed E-state index contributed by atoms with van der Waals surface area (Å²) in [4.78, 5) is 28.0. The molecule has 2 aromatic carbocycles. The Morgan fingerprint density at radius 1 is 1.17 bits per heavy atom. The van der Waals surface area contributed by atoms with Gasteiger partial charge in [0, 0.05) is 31.5 Å². The van der Waals surface area contributed by atoms with Crippen LogP contribution >= 0.6 is 22.6 Å². The Bertz CT molecular complexity index is 1060. The molecule has 194 valence electrons. The predicted octanol–water partition coefficient (Wildman–Crippen LogP) is 3.73. The molecule has 7 nitrogen and oxygen atoms in total. The highest BCUT2D eigenvalue weighted by Crippen LogP contribution is 2.31. The van der Waals surface area contributed by atoms with Crippen molar-refractivity contribution in [2.45, 2.75) is 64.3 Å². The molecular formula is C28H35IN2O5. The number of unbranched alkanes of at least 4 members (excludes halogenated alkanes) is 1. The zero-order chi connectivity index (χ0) is 26.1. The lowest BCUT2D eigenvalue weighted by Crippen LogP contribution is -2.54. The van der Waals surface area contributed by atoms with E-state index in [0.29, 0.717) is 24.3 Å². The van der Waals surface area contributed by atoms with Gasteiger partial charge in [0.05, 0.1) is 16.2 Å². The SMILES string of the molecule is CCCCC(=O)N(Cc1ccc(C)cc1)[C@@H]1CC(C(=O)NCCO)=C[C@H](Oc2ccccc2I)[C@H]1O. The van der Waals surface area contributed by atoms with Crippen LogP contribution in [0, 0.1) is 10.5 Å². The van der Waals surface area contributed by atoms with Crippen molar-refractivity contribution in [2.24, 2.45) is 0 Å². The molecular weight excluding hydrogens is 571 g/mol. The van der Waals surface area contributed by atoms with Crippen LogP contribution in [0.5, 0.6) is 5.75 Å². The first-order valence-electron chi connectivity index (χ1n) is 12.4. The van der Waals surface area contributed by atoms with Crippen molar-refractivity contribution in [3.05, 3.63) is 74.9 Å². The molecule has 0 saturated carbocycles. The fraction of sp³-hybridized carbons (Fsp3) is 0.429. The number of hydrogen-bond acceptors (Lipinski definition) is 5. The lowest BCUT2D eigenvalue weighted by Gasteiger charge is -2.40. The molecule has 1 aliphatic rings. The molecule has 0 spiro atoms. The molecule has 0 heterocycles. The van der Waals surface area contributed by atoms with E-state index < -0.39 is 18.2 Å². The van der Waals surface area contributed by atoms with E-state index in [0.717, 1.165) is 27.5 Å². The summed E-state index contributed by atoms with van der Waals surface area (Å²) in [5.74, 6) is 0.191. The van der Waals surface area contributed by atoms with Crippen molar-refractivity contribution < 1.29 is 24.5 Å². The molecule has 3 N–H and O–H groups in total. The third kappa shape index (κ3) is 7.54. The highest BCUT2D eigenvalue weighted by molar-refractivity contribution is 14.1. The maximum absolute atomic E-state index is 13.4. The minimum atomic E-state index is -1.04. The minimum absolute atomic E-state index is 0.0634. The number of benzene rings is 2. The summed E-state index contributed by atoms with van der Waals surface area (Å²) in [6.07, 6.45) is 1.95. The smallest absolute Gasteiger partial charge is 0.247 e. The minimum Gasteiger partial charge on any atom is -0.482 e. The Morgan fingerprint density at radius 3 is 2.56 bits per heavy atom. The Morgan fingerprint density at radius 2 is 1.89 bits per heavy atom. The summed E-state index contributed by atoms with van der Waals surface area (Å²) in [7, 11) is 0. The van der Waals surface area contributed by atoms with Crippen LogP contribution in [0.15, 0.2) is 60.2 Å². The zero-order valence-electron chi connectivity index (χ0n) is 20.8. The van der Waals surface area contributed by atoms with Crippen LogP contribution in [-0.4, -0.2) is 58.3 Å². The number of carbonyl (C=O) groups excluding carboxylic acids is 2. The normalized spacial score (nSPS) is 19.4. The number of nitrogens with zero attached hydrogens (tertiary/aromatic N) is 1. The Labute approximate surface area is 226 Å². The molecule has 0 radical (unpaired) electrons. The molecule has 36 heavy (non-hydrogen) atoms. The van der Waals surface area contributed by atoms with E-state index in [1.54, 1.807) is 11.0 Å². The number of halogens is 1. The quantitative estimate of drug-likeness (QED) is 0.339. The van der Waals surface area contributed by atoms with Crippen LogP contribution in [0.2, 0.25) is 0 Å². The van der Waals surface area contributed by atoms with Crippen LogP contribution in [0.1, 0.15) is 43.7 Å². The molecule has 3 rings (SSSR count). The first-order valence-corrected chi connectivity index (χ1v) is 13.5. The summed E-state index contributed by atoms with van der Waals surface area (Å²) >= 11 is 2.16. The number of carbonyl (C=O) groups is 2. The van der Waals surface area contributed by atoms with Gasteiger partial charge in [-0.2, -0.15) is 0 Å². The fourth-order valence-corrected chi connectivity index (χ4v) is 4.73. The molecule has 0 unspecified atom stereocenters. The van der Waals surface area contributed by atoms with E-state index in [-0.39, 0.29) is 31.4 Å². The molecule has 0 aliphatic heterocycles. The van der Waals surface area contributed by atoms with Gasteiger partial charge in [0.25, 0.3) is 0 Å². The second-order valence-electron chi connectivity index (χ2n) is 9.06. The average molecular weight is 607 g/mol. The second kappa shape index (κ2) is 13.8. The summed E-state index contributed by atoms with van der Waals surface area (Å²) < 4.78 is 7.06. The number of amides is 2. The molecule has 0 aromatic heterocycles. The highest BCUT2D eigenvalue weighted by Gasteiger charge is 2.40. The van der Waals surface area contributed by atoms with Crippen molar-refractivity contribution in [1.29, 1.82) is 0 Å². The van der Waals surface area contributed by atoms with E-state index >= 15 is 0 Å². The van der Waals surface area contributed by atoms with Crippen molar-refractivity contribution in [1.82, 2.24) is 10.2 Å².